The molecule has 3 aromatic carbocycles. The molecule has 0 radical (unpaired) electrons. The van der Waals surface area contributed by atoms with E-state index in [2.05, 4.69) is 15.9 Å². The van der Waals surface area contributed by atoms with Crippen LogP contribution in [0.5, 0.6) is 0 Å². The molecule has 184 valence electrons. The van der Waals surface area contributed by atoms with Gasteiger partial charge < -0.3 is 10.0 Å². The average molecular weight is 558 g/mol. The highest BCUT2D eigenvalue weighted by Gasteiger charge is 2.25. The van der Waals surface area contributed by atoms with Crippen LogP contribution in [0.25, 0.3) is 0 Å². The molecule has 35 heavy (non-hydrogen) atoms. The van der Waals surface area contributed by atoms with E-state index in [0.717, 1.165) is 12.7 Å². The molecule has 0 fully saturated rings. The first-order valence-electron chi connectivity index (χ1n) is 11.3. The summed E-state index contributed by atoms with van der Waals surface area (Å²) in [6.07, 6.45) is 1.68. The molecule has 1 amide bonds. The highest BCUT2D eigenvalue weighted by molar-refractivity contribution is 9.10. The number of rotatable bonds is 10. The molecular weight excluding hydrogens is 530 g/mol. The molecule has 0 aliphatic rings. The van der Waals surface area contributed by atoms with Crippen molar-refractivity contribution in [1.82, 2.24) is 4.90 Å². The second-order valence-electron chi connectivity index (χ2n) is 8.43. The van der Waals surface area contributed by atoms with Gasteiger partial charge in [0.1, 0.15) is 0 Å². The molecule has 0 aliphatic heterocycles. The standard InChI is InChI=1S/C27H28BrNO5S/c1-3-7-22(30)18-29(17-19-10-13-23(14-11-19)35(2,33)34)27(32)24-15-12-21(28)16-25(24)26(31)20-8-5-4-6-9-20/h4-6,8-16,22,30H,3,7,17-18H2,1-2H3. The quantitative estimate of drug-likeness (QED) is 0.358. The van der Waals surface area contributed by atoms with Crippen LogP contribution in [0.3, 0.4) is 0 Å². The van der Waals surface area contributed by atoms with Gasteiger partial charge in [-0.1, -0.05) is 71.7 Å². The van der Waals surface area contributed by atoms with Crippen LogP contribution in [0.15, 0.2) is 82.2 Å². The Kier molecular flexibility index (Phi) is 8.99. The molecule has 3 aromatic rings. The highest BCUT2D eigenvalue weighted by atomic mass is 79.9. The molecule has 0 aliphatic carbocycles. The van der Waals surface area contributed by atoms with Gasteiger partial charge in [0.15, 0.2) is 15.6 Å². The van der Waals surface area contributed by atoms with E-state index in [4.69, 9.17) is 0 Å². The van der Waals surface area contributed by atoms with Crippen LogP contribution in [0.2, 0.25) is 0 Å². The number of carbonyl (C=O) groups excluding carboxylic acids is 2. The maximum Gasteiger partial charge on any atom is 0.254 e. The van der Waals surface area contributed by atoms with Crippen molar-refractivity contribution in [2.45, 2.75) is 37.3 Å². The normalized spacial score (nSPS) is 12.2. The molecule has 0 bridgehead atoms. The van der Waals surface area contributed by atoms with Crippen LogP contribution in [0, 0.1) is 0 Å². The molecule has 6 nitrogen and oxygen atoms in total. The number of carbonyl (C=O) groups is 2. The largest absolute Gasteiger partial charge is 0.391 e. The van der Waals surface area contributed by atoms with Crippen LogP contribution in [0.1, 0.15) is 51.6 Å². The predicted octanol–water partition coefficient (Wildman–Crippen LogP) is 4.89. The first kappa shape index (κ1) is 26.8. The number of nitrogens with zero attached hydrogens (tertiary/aromatic N) is 1. The summed E-state index contributed by atoms with van der Waals surface area (Å²) < 4.78 is 24.2. The molecule has 0 aromatic heterocycles. The summed E-state index contributed by atoms with van der Waals surface area (Å²) in [5.74, 6) is -0.666. The molecule has 1 unspecified atom stereocenters. The zero-order valence-electron chi connectivity index (χ0n) is 19.6. The third kappa shape index (κ3) is 7.10. The van der Waals surface area contributed by atoms with E-state index in [1.165, 1.54) is 17.0 Å². The highest BCUT2D eigenvalue weighted by Crippen LogP contribution is 2.23. The third-order valence-corrected chi connectivity index (χ3v) is 7.18. The number of hydrogen-bond acceptors (Lipinski definition) is 5. The molecule has 1 atom stereocenters. The van der Waals surface area contributed by atoms with Gasteiger partial charge in [0.2, 0.25) is 0 Å². The Morgan fingerprint density at radius 3 is 2.23 bits per heavy atom. The SMILES string of the molecule is CCCC(O)CN(Cc1ccc(S(C)(=O)=O)cc1)C(=O)c1ccc(Br)cc1C(=O)c1ccccc1. The van der Waals surface area contributed by atoms with Crippen LogP contribution in [0.4, 0.5) is 0 Å². The number of benzene rings is 3. The van der Waals surface area contributed by atoms with Crippen molar-refractivity contribution < 1.29 is 23.1 Å². The Bertz CT molecular complexity index is 1290. The summed E-state index contributed by atoms with van der Waals surface area (Å²) in [6, 6.07) is 20.0. The lowest BCUT2D eigenvalue weighted by atomic mass is 9.97. The van der Waals surface area contributed by atoms with Crippen molar-refractivity contribution in [3.63, 3.8) is 0 Å². The van der Waals surface area contributed by atoms with Crippen LogP contribution in [-0.4, -0.2) is 49.0 Å². The van der Waals surface area contributed by atoms with Gasteiger partial charge in [-0.05, 0) is 42.3 Å². The Morgan fingerprint density at radius 1 is 0.971 bits per heavy atom. The van der Waals surface area contributed by atoms with Gasteiger partial charge >= 0.3 is 0 Å². The summed E-state index contributed by atoms with van der Waals surface area (Å²) in [4.78, 5) is 28.7. The van der Waals surface area contributed by atoms with Crippen molar-refractivity contribution in [1.29, 1.82) is 0 Å². The topological polar surface area (TPSA) is 91.8 Å². The van der Waals surface area contributed by atoms with E-state index in [-0.39, 0.29) is 40.8 Å². The van der Waals surface area contributed by atoms with E-state index in [9.17, 15) is 23.1 Å². The van der Waals surface area contributed by atoms with E-state index in [0.29, 0.717) is 22.0 Å². The van der Waals surface area contributed by atoms with Gasteiger partial charge in [0.25, 0.3) is 5.91 Å². The lowest BCUT2D eigenvalue weighted by Crippen LogP contribution is -2.37. The van der Waals surface area contributed by atoms with E-state index in [1.54, 1.807) is 54.6 Å². The molecule has 0 saturated carbocycles. The molecule has 1 N–H and O–H groups in total. The third-order valence-electron chi connectivity index (χ3n) is 5.56. The fourth-order valence-electron chi connectivity index (χ4n) is 3.77. The maximum absolute atomic E-state index is 13.7. The van der Waals surface area contributed by atoms with Gasteiger partial charge in [-0.25, -0.2) is 8.42 Å². The fourth-order valence-corrected chi connectivity index (χ4v) is 4.76. The monoisotopic (exact) mass is 557 g/mol. The smallest absolute Gasteiger partial charge is 0.254 e. The lowest BCUT2D eigenvalue weighted by Gasteiger charge is -2.26. The first-order chi connectivity index (χ1) is 16.6. The minimum atomic E-state index is -3.34. The van der Waals surface area contributed by atoms with Gasteiger partial charge in [-0.15, -0.1) is 0 Å². The Hall–Kier alpha value is -2.81. The predicted molar refractivity (Wildman–Crippen MR) is 139 cm³/mol. The zero-order chi connectivity index (χ0) is 25.6. The van der Waals surface area contributed by atoms with E-state index < -0.39 is 15.9 Å². The van der Waals surface area contributed by atoms with Gasteiger partial charge in [-0.3, -0.25) is 9.59 Å². The maximum atomic E-state index is 13.7. The molecule has 0 heterocycles. The number of halogens is 1. The Morgan fingerprint density at radius 2 is 1.63 bits per heavy atom. The van der Waals surface area contributed by atoms with Crippen molar-refractivity contribution in [2.24, 2.45) is 0 Å². The first-order valence-corrected chi connectivity index (χ1v) is 13.9. The number of hydrogen-bond donors (Lipinski definition) is 1. The van der Waals surface area contributed by atoms with Crippen LogP contribution >= 0.6 is 15.9 Å². The van der Waals surface area contributed by atoms with Crippen molar-refractivity contribution in [2.75, 3.05) is 12.8 Å². The molecule has 0 spiro atoms. The minimum absolute atomic E-state index is 0.0789. The summed E-state index contributed by atoms with van der Waals surface area (Å²) in [7, 11) is -3.34. The second-order valence-corrected chi connectivity index (χ2v) is 11.4. The summed E-state index contributed by atoms with van der Waals surface area (Å²) >= 11 is 3.39. The molecule has 0 saturated heterocycles. The van der Waals surface area contributed by atoms with Gasteiger partial charge in [-0.2, -0.15) is 0 Å². The zero-order valence-corrected chi connectivity index (χ0v) is 22.1. The van der Waals surface area contributed by atoms with Crippen molar-refractivity contribution in [3.05, 3.63) is 99.5 Å². The van der Waals surface area contributed by atoms with Crippen LogP contribution < -0.4 is 0 Å². The lowest BCUT2D eigenvalue weighted by molar-refractivity contribution is 0.0586. The number of amides is 1. The summed E-state index contributed by atoms with van der Waals surface area (Å²) in [6.45, 7) is 2.18. The second kappa shape index (κ2) is 11.7. The number of ketones is 1. The van der Waals surface area contributed by atoms with Crippen molar-refractivity contribution in [3.8, 4) is 0 Å². The Labute approximate surface area is 214 Å². The van der Waals surface area contributed by atoms with E-state index in [1.807, 2.05) is 13.0 Å². The minimum Gasteiger partial charge on any atom is -0.391 e. The molecule has 3 rings (SSSR count). The average Bonchev–Trinajstić information content (AvgIpc) is 2.83. The fraction of sp³-hybridized carbons (Fsp3) is 0.259. The van der Waals surface area contributed by atoms with Gasteiger partial charge in [0.05, 0.1) is 16.6 Å². The molecule has 8 heteroatoms. The number of aliphatic hydroxyl groups is 1. The Balaban J connectivity index is 1.98. The summed E-state index contributed by atoms with van der Waals surface area (Å²) in [5, 5.41) is 10.5. The summed E-state index contributed by atoms with van der Waals surface area (Å²) in [5.41, 5.74) is 1.67. The van der Waals surface area contributed by atoms with Crippen molar-refractivity contribution >= 4 is 37.5 Å². The number of sulfone groups is 1. The van der Waals surface area contributed by atoms with E-state index >= 15 is 0 Å². The van der Waals surface area contributed by atoms with Gasteiger partial charge in [0, 0.05) is 34.9 Å². The molecular formula is C27H28BrNO5S. The number of aliphatic hydroxyl groups excluding tert-OH is 1. The van der Waals surface area contributed by atoms with Crippen LogP contribution in [-0.2, 0) is 16.4 Å².